The third kappa shape index (κ3) is 4.20. The molecular formula is C11H15ClN2O3. The lowest BCUT2D eigenvalue weighted by Crippen LogP contribution is -2.13. The second-order valence-corrected chi connectivity index (χ2v) is 4.02. The first kappa shape index (κ1) is 13.7. The van der Waals surface area contributed by atoms with Crippen LogP contribution in [0.4, 0.5) is 5.82 Å². The number of pyridine rings is 1. The third-order valence-corrected chi connectivity index (χ3v) is 2.61. The minimum absolute atomic E-state index is 0.108. The van der Waals surface area contributed by atoms with Gasteiger partial charge in [0.05, 0.1) is 11.1 Å². The van der Waals surface area contributed by atoms with Gasteiger partial charge >= 0.3 is 5.97 Å². The van der Waals surface area contributed by atoms with Crippen molar-refractivity contribution in [1.29, 1.82) is 0 Å². The quantitative estimate of drug-likeness (QED) is 0.727. The molecule has 1 atom stereocenters. The Kier molecular flexibility index (Phi) is 5.18. The zero-order chi connectivity index (χ0) is 12.8. The van der Waals surface area contributed by atoms with Crippen molar-refractivity contribution in [1.82, 2.24) is 4.98 Å². The van der Waals surface area contributed by atoms with Crippen molar-refractivity contribution in [3.05, 3.63) is 22.8 Å². The molecule has 1 unspecified atom stereocenters. The molecule has 1 aromatic heterocycles. The molecule has 0 aromatic carbocycles. The summed E-state index contributed by atoms with van der Waals surface area (Å²) in [5.74, 6) is -0.720. The van der Waals surface area contributed by atoms with Crippen LogP contribution in [0, 0.1) is 0 Å². The van der Waals surface area contributed by atoms with Crippen LogP contribution in [0.5, 0.6) is 0 Å². The first-order valence-electron chi connectivity index (χ1n) is 5.36. The number of aliphatic hydroxyl groups is 1. The molecule has 1 aromatic rings. The first-order valence-corrected chi connectivity index (χ1v) is 5.74. The largest absolute Gasteiger partial charge is 0.476 e. The van der Waals surface area contributed by atoms with Crippen molar-refractivity contribution in [3.8, 4) is 0 Å². The van der Waals surface area contributed by atoms with Crippen LogP contribution in [-0.4, -0.2) is 33.8 Å². The smallest absolute Gasteiger partial charge is 0.356 e. The average Bonchev–Trinajstić information content (AvgIpc) is 2.30. The number of aromatic carboxylic acids is 1. The van der Waals surface area contributed by atoms with Crippen molar-refractivity contribution in [2.75, 3.05) is 11.9 Å². The van der Waals surface area contributed by atoms with Crippen molar-refractivity contribution in [3.63, 3.8) is 0 Å². The molecule has 0 amide bonds. The van der Waals surface area contributed by atoms with Crippen LogP contribution in [0.25, 0.3) is 0 Å². The monoisotopic (exact) mass is 258 g/mol. The number of hydrogen-bond acceptors (Lipinski definition) is 4. The summed E-state index contributed by atoms with van der Waals surface area (Å²) >= 11 is 5.69. The molecule has 0 saturated heterocycles. The van der Waals surface area contributed by atoms with Crippen molar-refractivity contribution < 1.29 is 15.0 Å². The fourth-order valence-electron chi connectivity index (χ4n) is 1.26. The summed E-state index contributed by atoms with van der Waals surface area (Å²) in [5, 5.41) is 21.2. The highest BCUT2D eigenvalue weighted by Gasteiger charge is 2.11. The Bertz CT molecular complexity index is 398. The van der Waals surface area contributed by atoms with E-state index in [2.05, 4.69) is 10.3 Å². The Morgan fingerprint density at radius 2 is 2.29 bits per heavy atom. The van der Waals surface area contributed by atoms with E-state index >= 15 is 0 Å². The van der Waals surface area contributed by atoms with Crippen LogP contribution in [0.2, 0.25) is 5.02 Å². The van der Waals surface area contributed by atoms with Gasteiger partial charge in [-0.25, -0.2) is 9.78 Å². The van der Waals surface area contributed by atoms with Gasteiger partial charge in [-0.3, -0.25) is 0 Å². The normalized spacial score (nSPS) is 12.2. The summed E-state index contributed by atoms with van der Waals surface area (Å²) in [6, 6.07) is 3.09. The summed E-state index contributed by atoms with van der Waals surface area (Å²) in [6.07, 6.45) is 0.924. The van der Waals surface area contributed by atoms with Crippen molar-refractivity contribution >= 4 is 23.4 Å². The number of nitrogens with one attached hydrogen (secondary N) is 1. The molecule has 0 fully saturated rings. The minimum atomic E-state index is -1.16. The number of carboxylic acids is 1. The predicted octanol–water partition coefficient (Wildman–Crippen LogP) is 2.01. The van der Waals surface area contributed by atoms with Gasteiger partial charge in [0.15, 0.2) is 5.69 Å². The molecule has 1 heterocycles. The molecule has 6 heteroatoms. The summed E-state index contributed by atoms with van der Waals surface area (Å²) < 4.78 is 0. The summed E-state index contributed by atoms with van der Waals surface area (Å²) in [6.45, 7) is 2.43. The number of carboxylic acid groups (broad SMARTS) is 1. The van der Waals surface area contributed by atoms with Crippen LogP contribution in [-0.2, 0) is 0 Å². The number of halogens is 1. The van der Waals surface area contributed by atoms with E-state index in [0.717, 1.165) is 0 Å². The van der Waals surface area contributed by atoms with E-state index in [1.54, 1.807) is 6.07 Å². The molecule has 17 heavy (non-hydrogen) atoms. The zero-order valence-corrected chi connectivity index (χ0v) is 10.2. The molecule has 0 aliphatic heterocycles. The average molecular weight is 259 g/mol. The van der Waals surface area contributed by atoms with E-state index < -0.39 is 5.97 Å². The van der Waals surface area contributed by atoms with Crippen molar-refractivity contribution in [2.45, 2.75) is 25.9 Å². The van der Waals surface area contributed by atoms with Gasteiger partial charge in [0, 0.05) is 6.54 Å². The molecule has 1 rings (SSSR count). The Morgan fingerprint density at radius 1 is 1.59 bits per heavy atom. The lowest BCUT2D eigenvalue weighted by Gasteiger charge is -2.09. The Balaban J connectivity index is 2.60. The number of rotatable bonds is 6. The van der Waals surface area contributed by atoms with Crippen LogP contribution in [0.1, 0.15) is 30.3 Å². The number of anilines is 1. The molecular weight excluding hydrogens is 244 g/mol. The molecule has 0 radical (unpaired) electrons. The highest BCUT2D eigenvalue weighted by atomic mass is 35.5. The van der Waals surface area contributed by atoms with Crippen LogP contribution < -0.4 is 5.32 Å². The van der Waals surface area contributed by atoms with E-state index in [4.69, 9.17) is 16.7 Å². The van der Waals surface area contributed by atoms with Gasteiger partial charge in [-0.05, 0) is 25.0 Å². The summed E-state index contributed by atoms with van der Waals surface area (Å²) in [7, 11) is 0. The lowest BCUT2D eigenvalue weighted by molar-refractivity contribution is 0.0691. The van der Waals surface area contributed by atoms with Crippen LogP contribution in [0.15, 0.2) is 12.1 Å². The molecule has 0 aliphatic rings. The summed E-state index contributed by atoms with van der Waals surface area (Å²) in [4.78, 5) is 14.7. The Morgan fingerprint density at radius 3 is 2.88 bits per heavy atom. The lowest BCUT2D eigenvalue weighted by atomic mass is 10.2. The summed E-state index contributed by atoms with van der Waals surface area (Å²) in [5.41, 5.74) is -0.173. The third-order valence-electron chi connectivity index (χ3n) is 2.30. The zero-order valence-electron chi connectivity index (χ0n) is 9.48. The Labute approximate surface area is 104 Å². The Hall–Kier alpha value is -1.33. The topological polar surface area (TPSA) is 82.5 Å². The number of nitrogens with zero attached hydrogens (tertiary/aromatic N) is 1. The fourth-order valence-corrected chi connectivity index (χ4v) is 1.45. The maximum Gasteiger partial charge on any atom is 0.356 e. The number of carbonyl (C=O) groups is 1. The molecule has 3 N–H and O–H groups in total. The standard InChI is InChI=1S/C11H15ClN2O3/c1-2-7(15)5-6-13-9-4-3-8(12)10(14-9)11(16)17/h3-4,7,15H,2,5-6H2,1H3,(H,13,14)(H,16,17). The van der Waals surface area contributed by atoms with Gasteiger partial charge in [-0.1, -0.05) is 18.5 Å². The molecule has 94 valence electrons. The van der Waals surface area contributed by atoms with Gasteiger partial charge in [0.2, 0.25) is 0 Å². The maximum absolute atomic E-state index is 10.8. The van der Waals surface area contributed by atoms with Gasteiger partial charge in [-0.2, -0.15) is 0 Å². The van der Waals surface area contributed by atoms with Gasteiger partial charge in [0.1, 0.15) is 5.82 Å². The van der Waals surface area contributed by atoms with E-state index in [1.807, 2.05) is 6.92 Å². The highest BCUT2D eigenvalue weighted by molar-refractivity contribution is 6.33. The molecule has 0 aliphatic carbocycles. The number of aromatic nitrogens is 1. The molecule has 0 spiro atoms. The van der Waals surface area contributed by atoms with E-state index in [0.29, 0.717) is 25.2 Å². The van der Waals surface area contributed by atoms with Gasteiger partial charge < -0.3 is 15.5 Å². The first-order chi connectivity index (χ1) is 8.04. The highest BCUT2D eigenvalue weighted by Crippen LogP contribution is 2.16. The van der Waals surface area contributed by atoms with Crippen LogP contribution >= 0.6 is 11.6 Å². The second kappa shape index (κ2) is 6.42. The van der Waals surface area contributed by atoms with Crippen LogP contribution in [0.3, 0.4) is 0 Å². The minimum Gasteiger partial charge on any atom is -0.476 e. The molecule has 5 nitrogen and oxygen atoms in total. The molecule has 0 bridgehead atoms. The number of hydrogen-bond donors (Lipinski definition) is 3. The maximum atomic E-state index is 10.8. The van der Waals surface area contributed by atoms with Crippen molar-refractivity contribution in [2.24, 2.45) is 0 Å². The van der Waals surface area contributed by atoms with E-state index in [9.17, 15) is 9.90 Å². The van der Waals surface area contributed by atoms with E-state index in [-0.39, 0.29) is 16.8 Å². The number of aliphatic hydroxyl groups excluding tert-OH is 1. The molecule has 0 saturated carbocycles. The van der Waals surface area contributed by atoms with E-state index in [1.165, 1.54) is 6.07 Å². The van der Waals surface area contributed by atoms with Gasteiger partial charge in [0.25, 0.3) is 0 Å². The SMILES string of the molecule is CCC(O)CCNc1ccc(Cl)c(C(=O)O)n1. The fraction of sp³-hybridized carbons (Fsp3) is 0.455. The predicted molar refractivity (Wildman–Crippen MR) is 65.6 cm³/mol. The second-order valence-electron chi connectivity index (χ2n) is 3.61. The van der Waals surface area contributed by atoms with Gasteiger partial charge in [-0.15, -0.1) is 0 Å².